The molecule has 0 fully saturated rings. The maximum atomic E-state index is 11.7. The van der Waals surface area contributed by atoms with E-state index in [0.29, 0.717) is 5.92 Å². The van der Waals surface area contributed by atoms with Gasteiger partial charge in [0.25, 0.3) is 0 Å². The summed E-state index contributed by atoms with van der Waals surface area (Å²) in [6.07, 6.45) is 0. The van der Waals surface area contributed by atoms with E-state index in [9.17, 15) is 4.79 Å². The fraction of sp³-hybridized carbons (Fsp3) is 0.600. The number of hydrogen-bond acceptors (Lipinski definition) is 3. The van der Waals surface area contributed by atoms with Gasteiger partial charge in [0, 0.05) is 32.6 Å². The molecule has 0 bridgehead atoms. The van der Waals surface area contributed by atoms with E-state index in [4.69, 9.17) is 0 Å². The maximum absolute atomic E-state index is 11.7. The van der Waals surface area contributed by atoms with Crippen molar-refractivity contribution in [3.05, 3.63) is 20.8 Å². The summed E-state index contributed by atoms with van der Waals surface area (Å²) in [4.78, 5) is 21.0. The topological polar surface area (TPSA) is 47.9 Å². The molecule has 1 rings (SSSR count). The van der Waals surface area contributed by atoms with Crippen molar-refractivity contribution < 1.29 is 4.79 Å². The Balaban J connectivity index is 0.00000484. The second-order valence-corrected chi connectivity index (χ2v) is 8.31. The molecule has 8 heteroatoms. The predicted octanol–water partition coefficient (Wildman–Crippen LogP) is 3.25. The lowest BCUT2D eigenvalue weighted by atomic mass is 10.2. The van der Waals surface area contributed by atoms with E-state index in [1.165, 1.54) is 4.88 Å². The Labute approximate surface area is 168 Å². The standard InChI is InChI=1S/C15H25BrN4OS.HI/c1-11(2)8-17-15(18-9-14(21)19(3)4)20(5)10-12-6-7-13(16)22-12;/h6-7,11H,8-10H2,1-5H3,(H,17,18);1H. The highest BCUT2D eigenvalue weighted by Gasteiger charge is 2.11. The molecule has 0 saturated carbocycles. The Kier molecular flexibility index (Phi) is 11.1. The summed E-state index contributed by atoms with van der Waals surface area (Å²) < 4.78 is 1.12. The first-order valence-corrected chi connectivity index (χ1v) is 8.84. The third-order valence-electron chi connectivity index (χ3n) is 2.91. The van der Waals surface area contributed by atoms with Crippen LogP contribution in [0.1, 0.15) is 18.7 Å². The summed E-state index contributed by atoms with van der Waals surface area (Å²) in [5.74, 6) is 1.27. The van der Waals surface area contributed by atoms with Gasteiger partial charge in [0.2, 0.25) is 5.91 Å². The van der Waals surface area contributed by atoms with Crippen molar-refractivity contribution in [2.45, 2.75) is 20.4 Å². The fourth-order valence-electron chi connectivity index (χ4n) is 1.64. The molecule has 0 atom stereocenters. The van der Waals surface area contributed by atoms with Crippen molar-refractivity contribution in [3.8, 4) is 0 Å². The van der Waals surface area contributed by atoms with Gasteiger partial charge in [0.15, 0.2) is 5.96 Å². The molecule has 5 nitrogen and oxygen atoms in total. The minimum absolute atomic E-state index is 0. The van der Waals surface area contributed by atoms with Crippen molar-refractivity contribution in [1.82, 2.24) is 15.1 Å². The Bertz CT molecular complexity index is 519. The van der Waals surface area contributed by atoms with Gasteiger partial charge in [0.05, 0.1) is 10.3 Å². The van der Waals surface area contributed by atoms with Crippen molar-refractivity contribution >= 4 is 63.1 Å². The molecule has 23 heavy (non-hydrogen) atoms. The highest BCUT2D eigenvalue weighted by molar-refractivity contribution is 14.0. The zero-order valence-electron chi connectivity index (χ0n) is 14.3. The molecule has 0 saturated heterocycles. The summed E-state index contributed by atoms with van der Waals surface area (Å²) in [6.45, 7) is 6.04. The quantitative estimate of drug-likeness (QED) is 0.358. The highest BCUT2D eigenvalue weighted by Crippen LogP contribution is 2.22. The summed E-state index contributed by atoms with van der Waals surface area (Å²) in [6, 6.07) is 4.14. The van der Waals surface area contributed by atoms with Crippen LogP contribution in [0.15, 0.2) is 20.9 Å². The number of likely N-dealkylation sites (N-methyl/N-ethyl adjacent to an activating group) is 1. The third kappa shape index (κ3) is 8.90. The number of nitrogens with zero attached hydrogens (tertiary/aromatic N) is 3. The molecule has 132 valence electrons. The largest absolute Gasteiger partial charge is 0.356 e. The van der Waals surface area contributed by atoms with Crippen molar-refractivity contribution in [2.24, 2.45) is 10.9 Å². The number of carbonyl (C=O) groups excluding carboxylic acids is 1. The molecule has 1 aromatic rings. The van der Waals surface area contributed by atoms with Gasteiger partial charge in [-0.25, -0.2) is 4.99 Å². The highest BCUT2D eigenvalue weighted by atomic mass is 127. The lowest BCUT2D eigenvalue weighted by Gasteiger charge is -2.23. The second-order valence-electron chi connectivity index (χ2n) is 5.76. The van der Waals surface area contributed by atoms with Gasteiger partial charge >= 0.3 is 0 Å². The number of thiophene rings is 1. The fourth-order valence-corrected chi connectivity index (χ4v) is 3.17. The third-order valence-corrected chi connectivity index (χ3v) is 4.52. The summed E-state index contributed by atoms with van der Waals surface area (Å²) in [5, 5.41) is 3.34. The minimum atomic E-state index is -0.00360. The Hall–Kier alpha value is -0.350. The first-order chi connectivity index (χ1) is 10.3. The molecule has 1 aromatic heterocycles. The molecule has 0 aliphatic heterocycles. The Morgan fingerprint density at radius 1 is 1.35 bits per heavy atom. The number of amides is 1. The van der Waals surface area contributed by atoms with Crippen molar-refractivity contribution in [2.75, 3.05) is 34.2 Å². The van der Waals surface area contributed by atoms with Crippen LogP contribution in [0.3, 0.4) is 0 Å². The minimum Gasteiger partial charge on any atom is -0.356 e. The monoisotopic (exact) mass is 516 g/mol. The van der Waals surface area contributed by atoms with Crippen LogP contribution in [0.4, 0.5) is 0 Å². The Morgan fingerprint density at radius 2 is 2.00 bits per heavy atom. The van der Waals surface area contributed by atoms with Gasteiger partial charge in [-0.2, -0.15) is 0 Å². The van der Waals surface area contributed by atoms with Gasteiger partial charge < -0.3 is 15.1 Å². The van der Waals surface area contributed by atoms with Gasteiger partial charge in [-0.15, -0.1) is 35.3 Å². The van der Waals surface area contributed by atoms with Crippen LogP contribution in [0.25, 0.3) is 0 Å². The van der Waals surface area contributed by atoms with E-state index in [-0.39, 0.29) is 36.4 Å². The van der Waals surface area contributed by atoms with E-state index < -0.39 is 0 Å². The van der Waals surface area contributed by atoms with Crippen LogP contribution in [0, 0.1) is 5.92 Å². The Morgan fingerprint density at radius 3 is 2.48 bits per heavy atom. The molecule has 0 aliphatic carbocycles. The number of rotatable bonds is 6. The lowest BCUT2D eigenvalue weighted by Crippen LogP contribution is -2.41. The summed E-state index contributed by atoms with van der Waals surface area (Å²) in [7, 11) is 5.47. The summed E-state index contributed by atoms with van der Waals surface area (Å²) in [5.41, 5.74) is 0. The van der Waals surface area contributed by atoms with E-state index >= 15 is 0 Å². The van der Waals surface area contributed by atoms with E-state index in [1.54, 1.807) is 30.3 Å². The number of aliphatic imine (C=N–C) groups is 1. The number of nitrogens with one attached hydrogen (secondary N) is 1. The molecule has 1 amide bonds. The van der Waals surface area contributed by atoms with Crippen molar-refractivity contribution in [1.29, 1.82) is 0 Å². The zero-order valence-corrected chi connectivity index (χ0v) is 19.0. The van der Waals surface area contributed by atoms with Crippen LogP contribution < -0.4 is 5.32 Å². The van der Waals surface area contributed by atoms with Gasteiger partial charge in [-0.3, -0.25) is 4.79 Å². The first-order valence-electron chi connectivity index (χ1n) is 7.23. The van der Waals surface area contributed by atoms with Crippen LogP contribution >= 0.6 is 51.2 Å². The molecule has 1 N–H and O–H groups in total. The van der Waals surface area contributed by atoms with Gasteiger partial charge in [0.1, 0.15) is 6.54 Å². The number of carbonyl (C=O) groups is 1. The van der Waals surface area contributed by atoms with E-state index in [2.05, 4.69) is 46.2 Å². The maximum Gasteiger partial charge on any atom is 0.243 e. The molecule has 0 spiro atoms. The lowest BCUT2D eigenvalue weighted by molar-refractivity contribution is -0.127. The molecule has 0 aliphatic rings. The van der Waals surface area contributed by atoms with E-state index in [0.717, 1.165) is 22.8 Å². The van der Waals surface area contributed by atoms with Gasteiger partial charge in [-0.1, -0.05) is 13.8 Å². The smallest absolute Gasteiger partial charge is 0.243 e. The molecule has 1 heterocycles. The van der Waals surface area contributed by atoms with Crippen LogP contribution in [0.5, 0.6) is 0 Å². The average Bonchev–Trinajstić information content (AvgIpc) is 2.83. The average molecular weight is 517 g/mol. The number of halogens is 2. The molecular formula is C15H26BrIN4OS. The molecule has 0 unspecified atom stereocenters. The number of guanidine groups is 1. The number of hydrogen-bond donors (Lipinski definition) is 1. The van der Waals surface area contributed by atoms with Gasteiger partial charge in [-0.05, 0) is 34.0 Å². The van der Waals surface area contributed by atoms with Crippen LogP contribution in [0.2, 0.25) is 0 Å². The normalized spacial score (nSPS) is 11.2. The van der Waals surface area contributed by atoms with Crippen LogP contribution in [-0.2, 0) is 11.3 Å². The molecule has 0 radical (unpaired) electrons. The zero-order chi connectivity index (χ0) is 16.7. The molecular weight excluding hydrogens is 491 g/mol. The van der Waals surface area contributed by atoms with E-state index in [1.807, 2.05) is 18.0 Å². The summed E-state index contributed by atoms with van der Waals surface area (Å²) >= 11 is 5.18. The SMILES string of the molecule is CC(C)CNC(=NCC(=O)N(C)C)N(C)Cc1ccc(Br)s1.I. The predicted molar refractivity (Wildman–Crippen MR) is 113 cm³/mol. The second kappa shape index (κ2) is 11.2. The first kappa shape index (κ1) is 22.6. The molecule has 0 aromatic carbocycles. The van der Waals surface area contributed by atoms with Crippen molar-refractivity contribution in [3.63, 3.8) is 0 Å². The van der Waals surface area contributed by atoms with Crippen LogP contribution in [-0.4, -0.2) is 55.9 Å².